The van der Waals surface area contributed by atoms with Crippen molar-refractivity contribution in [1.82, 2.24) is 9.71 Å². The molecule has 0 atom stereocenters. The maximum atomic E-state index is 13.4. The van der Waals surface area contributed by atoms with Crippen LogP contribution in [-0.2, 0) is 16.6 Å². The van der Waals surface area contributed by atoms with Crippen LogP contribution in [0.2, 0.25) is 0 Å². The fraction of sp³-hybridized carbons (Fsp3) is 0.250. The molecular formula is C12H14FN3O2S2. The summed E-state index contributed by atoms with van der Waals surface area (Å²) >= 11 is 1.41. The molecule has 0 saturated carbocycles. The number of aromatic nitrogens is 1. The van der Waals surface area contributed by atoms with Crippen molar-refractivity contribution in [3.63, 3.8) is 0 Å². The minimum Gasteiger partial charge on any atom is -0.396 e. The highest BCUT2D eigenvalue weighted by atomic mass is 32.2. The number of nitrogen functional groups attached to an aromatic ring is 1. The molecule has 0 aliphatic heterocycles. The number of thiazole rings is 1. The molecule has 3 N–H and O–H groups in total. The van der Waals surface area contributed by atoms with E-state index < -0.39 is 15.8 Å². The Morgan fingerprint density at radius 3 is 2.65 bits per heavy atom. The van der Waals surface area contributed by atoms with Crippen LogP contribution < -0.4 is 10.5 Å². The van der Waals surface area contributed by atoms with Crippen LogP contribution in [0.1, 0.15) is 15.4 Å². The van der Waals surface area contributed by atoms with E-state index in [1.54, 1.807) is 6.20 Å². The monoisotopic (exact) mass is 315 g/mol. The summed E-state index contributed by atoms with van der Waals surface area (Å²) in [6.45, 7) is 3.45. The van der Waals surface area contributed by atoms with Crippen molar-refractivity contribution < 1.29 is 12.8 Å². The Hall–Kier alpha value is -1.51. The second kappa shape index (κ2) is 5.47. The molecule has 0 saturated heterocycles. The maximum absolute atomic E-state index is 13.4. The molecule has 8 heteroatoms. The van der Waals surface area contributed by atoms with Crippen LogP contribution in [0.4, 0.5) is 10.1 Å². The molecule has 2 rings (SSSR count). The molecule has 20 heavy (non-hydrogen) atoms. The number of benzene rings is 1. The van der Waals surface area contributed by atoms with E-state index in [-0.39, 0.29) is 22.7 Å². The van der Waals surface area contributed by atoms with Crippen LogP contribution in [0.25, 0.3) is 0 Å². The van der Waals surface area contributed by atoms with Gasteiger partial charge in [0.25, 0.3) is 0 Å². The van der Waals surface area contributed by atoms with Gasteiger partial charge in [0.15, 0.2) is 0 Å². The molecule has 2 aromatic rings. The van der Waals surface area contributed by atoms with Gasteiger partial charge in [-0.3, -0.25) is 0 Å². The van der Waals surface area contributed by atoms with E-state index in [4.69, 9.17) is 5.73 Å². The lowest BCUT2D eigenvalue weighted by atomic mass is 10.2. The van der Waals surface area contributed by atoms with E-state index in [0.717, 1.165) is 16.0 Å². The summed E-state index contributed by atoms with van der Waals surface area (Å²) < 4.78 is 40.1. The van der Waals surface area contributed by atoms with Crippen LogP contribution in [0.5, 0.6) is 0 Å². The van der Waals surface area contributed by atoms with E-state index in [9.17, 15) is 12.8 Å². The first kappa shape index (κ1) is 14.9. The largest absolute Gasteiger partial charge is 0.396 e. The summed E-state index contributed by atoms with van der Waals surface area (Å²) in [5.41, 5.74) is 5.47. The third-order valence-electron chi connectivity index (χ3n) is 2.67. The van der Waals surface area contributed by atoms with E-state index in [2.05, 4.69) is 9.71 Å². The van der Waals surface area contributed by atoms with Gasteiger partial charge in [-0.2, -0.15) is 0 Å². The van der Waals surface area contributed by atoms with Gasteiger partial charge in [-0.25, -0.2) is 22.5 Å². The van der Waals surface area contributed by atoms with Crippen molar-refractivity contribution in [1.29, 1.82) is 0 Å². The van der Waals surface area contributed by atoms with Crippen molar-refractivity contribution in [2.24, 2.45) is 0 Å². The molecule has 0 unspecified atom stereocenters. The van der Waals surface area contributed by atoms with Crippen molar-refractivity contribution in [2.45, 2.75) is 25.3 Å². The van der Waals surface area contributed by atoms with Gasteiger partial charge in [-0.15, -0.1) is 11.3 Å². The van der Waals surface area contributed by atoms with Gasteiger partial charge in [0.05, 0.1) is 15.6 Å². The van der Waals surface area contributed by atoms with Crippen LogP contribution in [-0.4, -0.2) is 13.4 Å². The van der Waals surface area contributed by atoms with Crippen LogP contribution >= 0.6 is 11.3 Å². The van der Waals surface area contributed by atoms with Crippen LogP contribution in [0.3, 0.4) is 0 Å². The van der Waals surface area contributed by atoms with Crippen molar-refractivity contribution in [2.75, 3.05) is 5.73 Å². The molecule has 0 bridgehead atoms. The number of hydrogen-bond acceptors (Lipinski definition) is 5. The number of halogens is 1. The zero-order valence-electron chi connectivity index (χ0n) is 11.0. The van der Waals surface area contributed by atoms with Gasteiger partial charge in [-0.05, 0) is 31.5 Å². The molecule has 1 aromatic heterocycles. The van der Waals surface area contributed by atoms with Crippen molar-refractivity contribution in [3.05, 3.63) is 39.6 Å². The lowest BCUT2D eigenvalue weighted by Crippen LogP contribution is -2.23. The van der Waals surface area contributed by atoms with Gasteiger partial charge in [0, 0.05) is 17.6 Å². The number of aryl methyl sites for hydroxylation is 2. The maximum Gasteiger partial charge on any atom is 0.240 e. The molecule has 0 aliphatic carbocycles. The molecule has 0 spiro atoms. The molecular weight excluding hydrogens is 301 g/mol. The number of nitrogens with zero attached hydrogens (tertiary/aromatic N) is 1. The molecule has 1 aromatic carbocycles. The Morgan fingerprint density at radius 1 is 1.40 bits per heavy atom. The van der Waals surface area contributed by atoms with Gasteiger partial charge in [0.2, 0.25) is 10.0 Å². The lowest BCUT2D eigenvalue weighted by Gasteiger charge is -2.08. The second-order valence-corrected chi connectivity index (χ2v) is 7.40. The lowest BCUT2D eigenvalue weighted by molar-refractivity contribution is 0.580. The number of hydrogen-bond donors (Lipinski definition) is 2. The Bertz CT molecular complexity index is 718. The SMILES string of the molecule is Cc1ncc(CNS(=O)(=O)c2cc(C)c(F)c(N)c2)s1. The predicted molar refractivity (Wildman–Crippen MR) is 76.4 cm³/mol. The number of sulfonamides is 1. The Kier molecular flexibility index (Phi) is 4.07. The third-order valence-corrected chi connectivity index (χ3v) is 4.97. The van der Waals surface area contributed by atoms with E-state index in [1.165, 1.54) is 24.3 Å². The molecule has 5 nitrogen and oxygen atoms in total. The average Bonchev–Trinajstić information content (AvgIpc) is 2.79. The smallest absolute Gasteiger partial charge is 0.240 e. The number of nitrogens with two attached hydrogens (primary N) is 1. The molecule has 1 heterocycles. The summed E-state index contributed by atoms with van der Waals surface area (Å²) in [5.74, 6) is -0.595. The van der Waals surface area contributed by atoms with Gasteiger partial charge < -0.3 is 5.73 Å². The minimum atomic E-state index is -3.73. The minimum absolute atomic E-state index is 0.0462. The normalized spacial score (nSPS) is 11.8. The Labute approximate surface area is 120 Å². The summed E-state index contributed by atoms with van der Waals surface area (Å²) in [4.78, 5) is 4.80. The van der Waals surface area contributed by atoms with Gasteiger partial charge in [-0.1, -0.05) is 0 Å². The first-order valence-electron chi connectivity index (χ1n) is 5.76. The number of nitrogens with one attached hydrogen (secondary N) is 1. The standard InChI is InChI=1S/C12H14FN3O2S2/c1-7-3-10(4-11(14)12(7)13)20(17,18)16-6-9-5-15-8(2)19-9/h3-5,16H,6,14H2,1-2H3. The van der Waals surface area contributed by atoms with Crippen LogP contribution in [0.15, 0.2) is 23.2 Å². The fourth-order valence-electron chi connectivity index (χ4n) is 1.65. The Balaban J connectivity index is 2.22. The summed E-state index contributed by atoms with van der Waals surface area (Å²) in [6, 6.07) is 2.37. The fourth-order valence-corrected chi connectivity index (χ4v) is 3.61. The van der Waals surface area contributed by atoms with E-state index in [0.29, 0.717) is 0 Å². The third kappa shape index (κ3) is 3.14. The zero-order chi connectivity index (χ0) is 14.9. The molecule has 0 fully saturated rings. The quantitative estimate of drug-likeness (QED) is 0.845. The summed E-state index contributed by atoms with van der Waals surface area (Å²) in [7, 11) is -3.73. The molecule has 108 valence electrons. The Morgan fingerprint density at radius 2 is 2.10 bits per heavy atom. The van der Waals surface area contributed by atoms with E-state index >= 15 is 0 Å². The summed E-state index contributed by atoms with van der Waals surface area (Å²) in [6.07, 6.45) is 1.62. The van der Waals surface area contributed by atoms with Crippen molar-refractivity contribution >= 4 is 27.0 Å². The highest BCUT2D eigenvalue weighted by Crippen LogP contribution is 2.21. The topological polar surface area (TPSA) is 85.1 Å². The molecule has 0 radical (unpaired) electrons. The average molecular weight is 315 g/mol. The predicted octanol–water partition coefficient (Wildman–Crippen LogP) is 1.96. The first-order valence-corrected chi connectivity index (χ1v) is 8.06. The highest BCUT2D eigenvalue weighted by Gasteiger charge is 2.17. The van der Waals surface area contributed by atoms with E-state index in [1.807, 2.05) is 6.92 Å². The highest BCUT2D eigenvalue weighted by molar-refractivity contribution is 7.89. The molecule has 0 amide bonds. The summed E-state index contributed by atoms with van der Waals surface area (Å²) in [5, 5.41) is 0.862. The molecule has 0 aliphatic rings. The first-order chi connectivity index (χ1) is 9.29. The second-order valence-electron chi connectivity index (χ2n) is 4.31. The van der Waals surface area contributed by atoms with Crippen molar-refractivity contribution in [3.8, 4) is 0 Å². The van der Waals surface area contributed by atoms with Gasteiger partial charge >= 0.3 is 0 Å². The number of anilines is 1. The zero-order valence-corrected chi connectivity index (χ0v) is 12.6. The number of rotatable bonds is 4. The van der Waals surface area contributed by atoms with Gasteiger partial charge in [0.1, 0.15) is 5.82 Å². The van der Waals surface area contributed by atoms with Crippen LogP contribution in [0, 0.1) is 19.7 Å².